The molecule has 0 rings (SSSR count). The van der Waals surface area contributed by atoms with Crippen LogP contribution in [0.5, 0.6) is 0 Å². The predicted octanol–water partition coefficient (Wildman–Crippen LogP) is 1.26. The highest BCUT2D eigenvalue weighted by Gasteiger charge is 2.27. The van der Waals surface area contributed by atoms with Crippen molar-refractivity contribution in [2.24, 2.45) is 5.41 Å². The minimum atomic E-state index is -0.831. The normalized spacial score (nSPS) is 11.5. The van der Waals surface area contributed by atoms with E-state index in [4.69, 9.17) is 10.2 Å². The van der Waals surface area contributed by atoms with Crippen molar-refractivity contribution in [2.45, 2.75) is 33.1 Å². The van der Waals surface area contributed by atoms with Gasteiger partial charge in [-0.2, -0.15) is 0 Å². The highest BCUT2D eigenvalue weighted by atomic mass is 16.4. The van der Waals surface area contributed by atoms with Gasteiger partial charge < -0.3 is 10.2 Å². The van der Waals surface area contributed by atoms with Gasteiger partial charge in [0, 0.05) is 12.0 Å². The number of carbonyl (C=O) groups is 1. The van der Waals surface area contributed by atoms with Gasteiger partial charge in [0.15, 0.2) is 0 Å². The average molecular weight is 160 g/mol. The number of rotatable bonds is 5. The van der Waals surface area contributed by atoms with Gasteiger partial charge in [0.1, 0.15) is 0 Å². The van der Waals surface area contributed by atoms with Crippen molar-refractivity contribution in [1.29, 1.82) is 0 Å². The fourth-order valence-electron chi connectivity index (χ4n) is 1.10. The van der Waals surface area contributed by atoms with Crippen LogP contribution in [0.1, 0.15) is 33.1 Å². The lowest BCUT2D eigenvalue weighted by Crippen LogP contribution is -2.27. The Hall–Kier alpha value is -0.570. The van der Waals surface area contributed by atoms with Gasteiger partial charge >= 0.3 is 5.97 Å². The fourth-order valence-corrected chi connectivity index (χ4v) is 1.10. The van der Waals surface area contributed by atoms with Gasteiger partial charge in [0.2, 0.25) is 0 Å². The van der Waals surface area contributed by atoms with Crippen LogP contribution < -0.4 is 0 Å². The van der Waals surface area contributed by atoms with Gasteiger partial charge in [0.25, 0.3) is 0 Å². The molecule has 3 heteroatoms. The largest absolute Gasteiger partial charge is 0.481 e. The van der Waals surface area contributed by atoms with Crippen molar-refractivity contribution in [1.82, 2.24) is 0 Å². The van der Waals surface area contributed by atoms with Crippen LogP contribution in [0.4, 0.5) is 0 Å². The summed E-state index contributed by atoms with van der Waals surface area (Å²) in [5.74, 6) is -0.831. The average Bonchev–Trinajstić information content (AvgIpc) is 2.00. The van der Waals surface area contributed by atoms with Crippen molar-refractivity contribution >= 4 is 5.97 Å². The van der Waals surface area contributed by atoms with E-state index in [1.165, 1.54) is 0 Å². The molecule has 0 saturated carbocycles. The molecule has 2 N–H and O–H groups in total. The number of aliphatic hydroxyl groups excluding tert-OH is 1. The molecule has 0 unspecified atom stereocenters. The van der Waals surface area contributed by atoms with Crippen molar-refractivity contribution in [3.05, 3.63) is 0 Å². The lowest BCUT2D eigenvalue weighted by molar-refractivity contribution is -0.140. The summed E-state index contributed by atoms with van der Waals surface area (Å²) in [6.45, 7) is 3.78. The smallest absolute Gasteiger partial charge is 0.303 e. The van der Waals surface area contributed by atoms with Gasteiger partial charge in [0.05, 0.1) is 6.42 Å². The number of hydrogen-bond acceptors (Lipinski definition) is 2. The van der Waals surface area contributed by atoms with Gasteiger partial charge in [-0.15, -0.1) is 0 Å². The third kappa shape index (κ3) is 2.89. The lowest BCUT2D eigenvalue weighted by atomic mass is 9.80. The SMILES string of the molecule is CCC(CC)(CO)CC(=O)O. The maximum absolute atomic E-state index is 10.4. The minimum absolute atomic E-state index is 0.0354. The molecule has 0 amide bonds. The highest BCUT2D eigenvalue weighted by molar-refractivity contribution is 5.67. The first-order valence-corrected chi connectivity index (χ1v) is 3.93. The summed E-state index contributed by atoms with van der Waals surface area (Å²) >= 11 is 0. The van der Waals surface area contributed by atoms with E-state index in [0.717, 1.165) is 0 Å². The molecule has 0 aliphatic carbocycles. The molecule has 0 fully saturated rings. The van der Waals surface area contributed by atoms with E-state index in [9.17, 15) is 4.79 Å². The third-order valence-electron chi connectivity index (χ3n) is 2.36. The van der Waals surface area contributed by atoms with E-state index in [-0.39, 0.29) is 13.0 Å². The Morgan fingerprint density at radius 2 is 1.82 bits per heavy atom. The van der Waals surface area contributed by atoms with Gasteiger partial charge in [-0.3, -0.25) is 4.79 Å². The minimum Gasteiger partial charge on any atom is -0.481 e. The molecule has 0 aromatic heterocycles. The van der Waals surface area contributed by atoms with Crippen molar-refractivity contribution in [2.75, 3.05) is 6.61 Å². The molecule has 0 atom stereocenters. The summed E-state index contributed by atoms with van der Waals surface area (Å²) in [7, 11) is 0. The number of carboxylic acid groups (broad SMARTS) is 1. The molecule has 0 bridgehead atoms. The monoisotopic (exact) mass is 160 g/mol. The van der Waals surface area contributed by atoms with E-state index < -0.39 is 11.4 Å². The second-order valence-corrected chi connectivity index (χ2v) is 2.94. The Morgan fingerprint density at radius 1 is 1.36 bits per heavy atom. The van der Waals surface area contributed by atoms with Gasteiger partial charge in [-0.25, -0.2) is 0 Å². The van der Waals surface area contributed by atoms with Crippen molar-refractivity contribution < 1.29 is 15.0 Å². The zero-order chi connectivity index (χ0) is 8.91. The first-order chi connectivity index (χ1) is 5.10. The Balaban J connectivity index is 4.16. The molecule has 0 aliphatic heterocycles. The van der Waals surface area contributed by atoms with Crippen LogP contribution in [-0.4, -0.2) is 22.8 Å². The maximum Gasteiger partial charge on any atom is 0.303 e. The molecule has 0 aromatic carbocycles. The summed E-state index contributed by atoms with van der Waals surface area (Å²) in [6.07, 6.45) is 1.50. The zero-order valence-electron chi connectivity index (χ0n) is 7.13. The van der Waals surface area contributed by atoms with Crippen LogP contribution in [0.2, 0.25) is 0 Å². The molecule has 66 valence electrons. The summed E-state index contributed by atoms with van der Waals surface area (Å²) in [4.78, 5) is 10.4. The second-order valence-electron chi connectivity index (χ2n) is 2.94. The molecule has 0 aliphatic rings. The van der Waals surface area contributed by atoms with Crippen molar-refractivity contribution in [3.8, 4) is 0 Å². The second kappa shape index (κ2) is 4.34. The molecular formula is C8H16O3. The summed E-state index contributed by atoms with van der Waals surface area (Å²) in [6, 6.07) is 0. The topological polar surface area (TPSA) is 57.5 Å². The Bertz CT molecular complexity index is 119. The standard InChI is InChI=1S/C8H16O3/c1-3-8(4-2,6-9)5-7(10)11/h9H,3-6H2,1-2H3,(H,10,11). The molecule has 0 radical (unpaired) electrons. The van der Waals surface area contributed by atoms with Crippen LogP contribution >= 0.6 is 0 Å². The van der Waals surface area contributed by atoms with Gasteiger partial charge in [-0.05, 0) is 12.8 Å². The van der Waals surface area contributed by atoms with E-state index in [0.29, 0.717) is 12.8 Å². The number of carboxylic acids is 1. The summed E-state index contributed by atoms with van der Waals surface area (Å²) in [5.41, 5.74) is -0.397. The van der Waals surface area contributed by atoms with E-state index in [1.54, 1.807) is 0 Å². The van der Waals surface area contributed by atoms with Crippen LogP contribution in [0.3, 0.4) is 0 Å². The van der Waals surface area contributed by atoms with Crippen LogP contribution in [0.25, 0.3) is 0 Å². The Labute approximate surface area is 67.0 Å². The van der Waals surface area contributed by atoms with Gasteiger partial charge in [-0.1, -0.05) is 13.8 Å². The number of aliphatic carboxylic acids is 1. The van der Waals surface area contributed by atoms with E-state index in [1.807, 2.05) is 13.8 Å². The fraction of sp³-hybridized carbons (Fsp3) is 0.875. The number of aliphatic hydroxyl groups is 1. The summed E-state index contributed by atoms with van der Waals surface area (Å²) < 4.78 is 0. The first-order valence-electron chi connectivity index (χ1n) is 3.93. The van der Waals surface area contributed by atoms with Crippen molar-refractivity contribution in [3.63, 3.8) is 0 Å². The molecule has 0 saturated heterocycles. The van der Waals surface area contributed by atoms with Crippen LogP contribution in [-0.2, 0) is 4.79 Å². The predicted molar refractivity (Wildman–Crippen MR) is 42.4 cm³/mol. The van der Waals surface area contributed by atoms with Crippen LogP contribution in [0.15, 0.2) is 0 Å². The molecular weight excluding hydrogens is 144 g/mol. The molecule has 3 nitrogen and oxygen atoms in total. The highest BCUT2D eigenvalue weighted by Crippen LogP contribution is 2.29. The quantitative estimate of drug-likeness (QED) is 0.636. The molecule has 11 heavy (non-hydrogen) atoms. The summed E-state index contributed by atoms with van der Waals surface area (Å²) in [5, 5.41) is 17.5. The van der Waals surface area contributed by atoms with E-state index in [2.05, 4.69) is 0 Å². The number of hydrogen-bond donors (Lipinski definition) is 2. The Morgan fingerprint density at radius 3 is 1.91 bits per heavy atom. The Kier molecular flexibility index (Phi) is 4.11. The van der Waals surface area contributed by atoms with E-state index >= 15 is 0 Å². The molecule has 0 spiro atoms. The molecule has 0 aromatic rings. The van der Waals surface area contributed by atoms with Crippen LogP contribution in [0, 0.1) is 5.41 Å². The lowest BCUT2D eigenvalue weighted by Gasteiger charge is -2.26. The first kappa shape index (κ1) is 10.4. The zero-order valence-corrected chi connectivity index (χ0v) is 7.13. The third-order valence-corrected chi connectivity index (χ3v) is 2.36. The maximum atomic E-state index is 10.4. The molecule has 0 heterocycles.